The van der Waals surface area contributed by atoms with E-state index in [2.05, 4.69) is 51.0 Å². The molecule has 1 saturated heterocycles. The van der Waals surface area contributed by atoms with Gasteiger partial charge in [-0.15, -0.1) is 22.0 Å². The van der Waals surface area contributed by atoms with Gasteiger partial charge in [-0.3, -0.25) is 4.79 Å². The summed E-state index contributed by atoms with van der Waals surface area (Å²) in [5, 5.41) is 12.1. The maximum atomic E-state index is 13.6. The van der Waals surface area contributed by atoms with Crippen LogP contribution in [0.15, 0.2) is 22.8 Å². The number of hydrogen-bond acceptors (Lipinski definition) is 5. The van der Waals surface area contributed by atoms with Gasteiger partial charge < -0.3 is 14.8 Å². The first-order valence-electron chi connectivity index (χ1n) is 13.6. The Labute approximate surface area is 217 Å². The molecule has 0 radical (unpaired) electrons. The molecule has 1 aromatic rings. The highest BCUT2D eigenvalue weighted by Crippen LogP contribution is 2.41. The molecule has 5 rings (SSSR count). The van der Waals surface area contributed by atoms with Crippen LogP contribution in [0.3, 0.4) is 0 Å². The minimum atomic E-state index is -2.61. The van der Waals surface area contributed by atoms with Crippen molar-refractivity contribution in [3.8, 4) is 0 Å². The zero-order chi connectivity index (χ0) is 25.4. The van der Waals surface area contributed by atoms with Crippen molar-refractivity contribution in [3.05, 3.63) is 34.4 Å². The van der Waals surface area contributed by atoms with Gasteiger partial charge in [0, 0.05) is 53.6 Å². The van der Waals surface area contributed by atoms with Gasteiger partial charge in [0.2, 0.25) is 11.8 Å². The number of amides is 1. The number of halogens is 2. The van der Waals surface area contributed by atoms with Crippen LogP contribution >= 0.6 is 11.8 Å². The van der Waals surface area contributed by atoms with Gasteiger partial charge in [0.25, 0.3) is 0 Å². The van der Waals surface area contributed by atoms with Crippen LogP contribution < -0.4 is 5.32 Å². The molecule has 1 N–H and O–H groups in total. The summed E-state index contributed by atoms with van der Waals surface area (Å²) in [5.74, 6) is 0.452. The molecule has 4 heterocycles. The van der Waals surface area contributed by atoms with Crippen molar-refractivity contribution >= 4 is 17.7 Å². The monoisotopic (exact) mass is 519 g/mol. The van der Waals surface area contributed by atoms with Gasteiger partial charge in [0.05, 0.1) is 12.1 Å². The SMILES string of the molecule is Cc1nnc(C(C)C)n1C1C=C2CCC(C1)N2CCC(NC(=O)C1CCC(F)(F)CC1)C1=CCCS1. The lowest BCUT2D eigenvalue weighted by Crippen LogP contribution is -2.44. The molecule has 6 nitrogen and oxygen atoms in total. The van der Waals surface area contributed by atoms with Gasteiger partial charge >= 0.3 is 0 Å². The van der Waals surface area contributed by atoms with Crippen molar-refractivity contribution in [1.29, 1.82) is 0 Å². The Morgan fingerprint density at radius 1 is 1.25 bits per heavy atom. The predicted octanol–water partition coefficient (Wildman–Crippen LogP) is 5.72. The van der Waals surface area contributed by atoms with E-state index in [1.54, 1.807) is 0 Å². The number of rotatable bonds is 8. The molecule has 4 aliphatic rings. The first-order valence-corrected chi connectivity index (χ1v) is 14.6. The molecular formula is C27H39F2N5OS. The molecule has 1 saturated carbocycles. The molecule has 2 bridgehead atoms. The van der Waals surface area contributed by atoms with Crippen LogP contribution in [0.1, 0.15) is 95.2 Å². The number of allylic oxidation sites excluding steroid dienone is 3. The smallest absolute Gasteiger partial charge is 0.248 e. The molecule has 1 aliphatic carbocycles. The summed E-state index contributed by atoms with van der Waals surface area (Å²) in [4.78, 5) is 16.8. The average Bonchev–Trinajstić information content (AvgIpc) is 3.55. The molecule has 36 heavy (non-hydrogen) atoms. The number of nitrogens with one attached hydrogen (secondary N) is 1. The number of alkyl halides is 2. The second-order valence-corrected chi connectivity index (χ2v) is 12.4. The third-order valence-corrected chi connectivity index (χ3v) is 9.55. The summed E-state index contributed by atoms with van der Waals surface area (Å²) in [5.41, 5.74) is 1.40. The third-order valence-electron chi connectivity index (χ3n) is 8.32. The van der Waals surface area contributed by atoms with E-state index in [0.29, 0.717) is 18.0 Å². The Kier molecular flexibility index (Phi) is 7.48. The summed E-state index contributed by atoms with van der Waals surface area (Å²) < 4.78 is 29.5. The zero-order valence-corrected chi connectivity index (χ0v) is 22.5. The fourth-order valence-electron chi connectivity index (χ4n) is 6.36. The van der Waals surface area contributed by atoms with Crippen LogP contribution in [0.5, 0.6) is 0 Å². The van der Waals surface area contributed by atoms with E-state index in [9.17, 15) is 13.6 Å². The Bertz CT molecular complexity index is 1030. The Morgan fingerprint density at radius 3 is 2.69 bits per heavy atom. The first-order chi connectivity index (χ1) is 17.2. The fourth-order valence-corrected chi connectivity index (χ4v) is 7.45. The van der Waals surface area contributed by atoms with Crippen LogP contribution in [-0.2, 0) is 4.79 Å². The number of carbonyl (C=O) groups is 1. The molecule has 2 fully saturated rings. The van der Waals surface area contributed by atoms with Crippen molar-refractivity contribution in [2.75, 3.05) is 12.3 Å². The molecule has 1 aromatic heterocycles. The minimum absolute atomic E-state index is 0.0298. The normalized spacial score (nSPS) is 26.8. The van der Waals surface area contributed by atoms with Crippen molar-refractivity contribution in [2.24, 2.45) is 5.92 Å². The number of fused-ring (bicyclic) bond motifs is 2. The van der Waals surface area contributed by atoms with Crippen LogP contribution in [-0.4, -0.2) is 55.9 Å². The molecular weight excluding hydrogens is 480 g/mol. The lowest BCUT2D eigenvalue weighted by atomic mass is 9.86. The molecule has 0 spiro atoms. The van der Waals surface area contributed by atoms with Crippen molar-refractivity contribution in [2.45, 2.75) is 109 Å². The summed E-state index contributed by atoms with van der Waals surface area (Å²) in [6, 6.07) is 0.751. The summed E-state index contributed by atoms with van der Waals surface area (Å²) in [7, 11) is 0. The van der Waals surface area contributed by atoms with Crippen LogP contribution in [0.2, 0.25) is 0 Å². The number of hydrogen-bond donors (Lipinski definition) is 1. The van der Waals surface area contributed by atoms with Gasteiger partial charge in [-0.25, -0.2) is 8.78 Å². The van der Waals surface area contributed by atoms with E-state index >= 15 is 0 Å². The van der Waals surface area contributed by atoms with Crippen molar-refractivity contribution in [1.82, 2.24) is 25.0 Å². The molecule has 9 heteroatoms. The molecule has 3 unspecified atom stereocenters. The third kappa shape index (κ3) is 5.36. The minimum Gasteiger partial charge on any atom is -0.372 e. The van der Waals surface area contributed by atoms with E-state index in [1.165, 1.54) is 10.6 Å². The van der Waals surface area contributed by atoms with Crippen LogP contribution in [0, 0.1) is 12.8 Å². The van der Waals surface area contributed by atoms with E-state index < -0.39 is 5.92 Å². The quantitative estimate of drug-likeness (QED) is 0.476. The van der Waals surface area contributed by atoms with Crippen LogP contribution in [0.25, 0.3) is 0 Å². The van der Waals surface area contributed by atoms with E-state index in [4.69, 9.17) is 0 Å². The summed E-state index contributed by atoms with van der Waals surface area (Å²) >= 11 is 1.82. The maximum absolute atomic E-state index is 13.6. The van der Waals surface area contributed by atoms with E-state index in [1.807, 2.05) is 18.7 Å². The molecule has 198 valence electrons. The number of nitrogens with zero attached hydrogens (tertiary/aromatic N) is 4. The second kappa shape index (κ2) is 10.5. The van der Waals surface area contributed by atoms with E-state index in [-0.39, 0.29) is 43.6 Å². The highest BCUT2D eigenvalue weighted by molar-refractivity contribution is 8.03. The van der Waals surface area contributed by atoms with Gasteiger partial charge in [0.1, 0.15) is 11.6 Å². The summed E-state index contributed by atoms with van der Waals surface area (Å²) in [6.45, 7) is 7.27. The highest BCUT2D eigenvalue weighted by Gasteiger charge is 2.39. The highest BCUT2D eigenvalue weighted by atomic mass is 32.2. The molecule has 3 aliphatic heterocycles. The van der Waals surface area contributed by atoms with Gasteiger partial charge in [0.15, 0.2) is 0 Å². The largest absolute Gasteiger partial charge is 0.372 e. The topological polar surface area (TPSA) is 63.1 Å². The van der Waals surface area contributed by atoms with E-state index in [0.717, 1.165) is 56.1 Å². The Hall–Kier alpha value is -1.90. The van der Waals surface area contributed by atoms with Gasteiger partial charge in [-0.2, -0.15) is 0 Å². The fraction of sp³-hybridized carbons (Fsp3) is 0.741. The summed E-state index contributed by atoms with van der Waals surface area (Å²) in [6.07, 6.45) is 10.0. The predicted molar refractivity (Wildman–Crippen MR) is 139 cm³/mol. The Morgan fingerprint density at radius 2 is 2.03 bits per heavy atom. The lowest BCUT2D eigenvalue weighted by Gasteiger charge is -2.37. The molecule has 3 atom stereocenters. The lowest BCUT2D eigenvalue weighted by molar-refractivity contribution is -0.129. The standard InChI is InChI=1S/C27H39F2N5OS/c1-17(2)25-32-31-18(3)34(25)22-15-20-6-7-21(16-22)33(20)13-10-23(24-5-4-14-36-24)30-26(35)19-8-11-27(28,29)12-9-19/h5,15,17,19,21-23H,4,6-14,16H2,1-3H3,(H,30,35). The number of thioether (sulfide) groups is 1. The number of carbonyl (C=O) groups excluding carboxylic acids is 1. The number of aromatic nitrogens is 3. The van der Waals surface area contributed by atoms with Crippen molar-refractivity contribution in [3.63, 3.8) is 0 Å². The zero-order valence-electron chi connectivity index (χ0n) is 21.7. The molecule has 1 amide bonds. The second-order valence-electron chi connectivity index (χ2n) is 11.2. The van der Waals surface area contributed by atoms with Gasteiger partial charge in [-0.1, -0.05) is 19.9 Å². The maximum Gasteiger partial charge on any atom is 0.248 e. The van der Waals surface area contributed by atoms with Crippen LogP contribution in [0.4, 0.5) is 8.78 Å². The first kappa shape index (κ1) is 25.7. The Balaban J connectivity index is 1.25. The van der Waals surface area contributed by atoms with Crippen molar-refractivity contribution < 1.29 is 13.6 Å². The molecule has 0 aromatic carbocycles. The average molecular weight is 520 g/mol. The number of aryl methyl sites for hydroxylation is 1. The van der Waals surface area contributed by atoms with Gasteiger partial charge in [-0.05, 0) is 57.9 Å².